The highest BCUT2D eigenvalue weighted by molar-refractivity contribution is 4.87. The van der Waals surface area contributed by atoms with Gasteiger partial charge in [0.15, 0.2) is 0 Å². The van der Waals surface area contributed by atoms with Crippen molar-refractivity contribution in [2.24, 2.45) is 5.92 Å². The Morgan fingerprint density at radius 1 is 1.17 bits per heavy atom. The topological polar surface area (TPSA) is 35.5 Å². The molecule has 0 amide bonds. The van der Waals surface area contributed by atoms with Gasteiger partial charge in [-0.1, -0.05) is 27.7 Å². The maximum absolute atomic E-state index is 9.52. The van der Waals surface area contributed by atoms with Crippen LogP contribution in [0.3, 0.4) is 0 Å². The molecule has 1 atom stereocenters. The maximum atomic E-state index is 9.52. The first-order chi connectivity index (χ1) is 8.60. The first kappa shape index (κ1) is 15.9. The van der Waals surface area contributed by atoms with E-state index < -0.39 is 0 Å². The molecule has 3 heteroatoms. The van der Waals surface area contributed by atoms with Crippen molar-refractivity contribution in [3.05, 3.63) is 0 Å². The van der Waals surface area contributed by atoms with Crippen LogP contribution in [-0.2, 0) is 0 Å². The Labute approximate surface area is 113 Å². The highest BCUT2D eigenvalue weighted by Crippen LogP contribution is 2.20. The Kier molecular flexibility index (Phi) is 7.20. The summed E-state index contributed by atoms with van der Waals surface area (Å²) < 4.78 is 0. The summed E-state index contributed by atoms with van der Waals surface area (Å²) in [6.45, 7) is 11.5. The van der Waals surface area contributed by atoms with Crippen LogP contribution in [0.25, 0.3) is 0 Å². The summed E-state index contributed by atoms with van der Waals surface area (Å²) in [4.78, 5) is 2.57. The Morgan fingerprint density at radius 2 is 1.78 bits per heavy atom. The minimum Gasteiger partial charge on any atom is -0.395 e. The lowest BCUT2D eigenvalue weighted by molar-refractivity contribution is 0.124. The summed E-state index contributed by atoms with van der Waals surface area (Å²) in [6, 6.07) is 1.57. The van der Waals surface area contributed by atoms with Gasteiger partial charge < -0.3 is 10.4 Å². The molecular formula is C15H32N2O. The van der Waals surface area contributed by atoms with E-state index in [9.17, 15) is 5.11 Å². The molecule has 1 aliphatic carbocycles. The fourth-order valence-corrected chi connectivity index (χ4v) is 2.68. The summed E-state index contributed by atoms with van der Waals surface area (Å²) in [5.74, 6) is 0.686. The summed E-state index contributed by atoms with van der Waals surface area (Å²) in [5.41, 5.74) is 0. The average molecular weight is 256 g/mol. The number of hydrogen-bond acceptors (Lipinski definition) is 3. The normalized spacial score (nSPS) is 18.0. The molecule has 0 heterocycles. The van der Waals surface area contributed by atoms with Crippen molar-refractivity contribution in [3.8, 4) is 0 Å². The van der Waals surface area contributed by atoms with Gasteiger partial charge >= 0.3 is 0 Å². The lowest BCUT2D eigenvalue weighted by Gasteiger charge is -2.34. The third-order valence-corrected chi connectivity index (χ3v) is 3.78. The van der Waals surface area contributed by atoms with Gasteiger partial charge in [0.2, 0.25) is 0 Å². The highest BCUT2D eigenvalue weighted by atomic mass is 16.3. The molecule has 0 aliphatic heterocycles. The number of nitrogens with one attached hydrogen (secondary N) is 1. The van der Waals surface area contributed by atoms with Gasteiger partial charge in [-0.05, 0) is 31.6 Å². The van der Waals surface area contributed by atoms with Crippen LogP contribution >= 0.6 is 0 Å². The number of rotatable bonds is 10. The lowest BCUT2D eigenvalue weighted by Crippen LogP contribution is -2.48. The van der Waals surface area contributed by atoms with Gasteiger partial charge in [-0.25, -0.2) is 0 Å². The van der Waals surface area contributed by atoms with E-state index in [0.717, 1.165) is 13.1 Å². The van der Waals surface area contributed by atoms with E-state index in [1.54, 1.807) is 0 Å². The quantitative estimate of drug-likeness (QED) is 0.629. The van der Waals surface area contributed by atoms with Crippen LogP contribution < -0.4 is 5.32 Å². The third kappa shape index (κ3) is 5.68. The predicted molar refractivity (Wildman–Crippen MR) is 77.8 cm³/mol. The fraction of sp³-hybridized carbons (Fsp3) is 1.00. The molecule has 108 valence electrons. The molecule has 18 heavy (non-hydrogen) atoms. The van der Waals surface area contributed by atoms with E-state index in [1.807, 2.05) is 0 Å². The summed E-state index contributed by atoms with van der Waals surface area (Å²) in [7, 11) is 0. The van der Waals surface area contributed by atoms with Crippen LogP contribution in [0.5, 0.6) is 0 Å². The van der Waals surface area contributed by atoms with Crippen LogP contribution in [0.2, 0.25) is 0 Å². The monoisotopic (exact) mass is 256 g/mol. The van der Waals surface area contributed by atoms with Gasteiger partial charge in [0.05, 0.1) is 6.61 Å². The largest absolute Gasteiger partial charge is 0.395 e. The molecule has 1 aliphatic rings. The van der Waals surface area contributed by atoms with E-state index in [-0.39, 0.29) is 12.6 Å². The van der Waals surface area contributed by atoms with Crippen LogP contribution in [0.15, 0.2) is 0 Å². The molecule has 1 unspecified atom stereocenters. The Bertz CT molecular complexity index is 213. The van der Waals surface area contributed by atoms with Gasteiger partial charge in [-0.2, -0.15) is 0 Å². The third-order valence-electron chi connectivity index (χ3n) is 3.78. The van der Waals surface area contributed by atoms with Crippen LogP contribution in [-0.4, -0.2) is 47.8 Å². The van der Waals surface area contributed by atoms with Crippen molar-refractivity contribution < 1.29 is 5.11 Å². The Morgan fingerprint density at radius 3 is 2.17 bits per heavy atom. The zero-order valence-electron chi connectivity index (χ0n) is 12.7. The second kappa shape index (κ2) is 8.13. The molecule has 0 aromatic heterocycles. The summed E-state index contributed by atoms with van der Waals surface area (Å²) in [5, 5.41) is 13.1. The standard InChI is InChI=1S/C15H32N2O/c1-5-15(6-2)17(9-12(3)4)10-14(11-18)16-13-7-8-13/h12-16,18H,5-11H2,1-4H3. The molecule has 0 spiro atoms. The van der Waals surface area contributed by atoms with Crippen molar-refractivity contribution in [2.45, 2.75) is 71.5 Å². The van der Waals surface area contributed by atoms with Gasteiger partial charge in [-0.3, -0.25) is 4.90 Å². The molecule has 0 bridgehead atoms. The lowest BCUT2D eigenvalue weighted by atomic mass is 10.1. The van der Waals surface area contributed by atoms with Crippen molar-refractivity contribution in [3.63, 3.8) is 0 Å². The van der Waals surface area contributed by atoms with Gasteiger partial charge in [0.25, 0.3) is 0 Å². The maximum Gasteiger partial charge on any atom is 0.0597 e. The highest BCUT2D eigenvalue weighted by Gasteiger charge is 2.26. The number of aliphatic hydroxyl groups excluding tert-OH is 1. The zero-order valence-corrected chi connectivity index (χ0v) is 12.7. The number of hydrogen-bond donors (Lipinski definition) is 2. The first-order valence-electron chi connectivity index (χ1n) is 7.71. The van der Waals surface area contributed by atoms with Crippen LogP contribution in [0.1, 0.15) is 53.4 Å². The molecule has 1 saturated carbocycles. The SMILES string of the molecule is CCC(CC)N(CC(C)C)CC(CO)NC1CC1. The van der Waals surface area contributed by atoms with Crippen molar-refractivity contribution in [1.29, 1.82) is 0 Å². The summed E-state index contributed by atoms with van der Waals surface area (Å²) >= 11 is 0. The average Bonchev–Trinajstić information content (AvgIpc) is 3.12. The molecule has 0 saturated heterocycles. The number of aliphatic hydroxyl groups is 1. The molecule has 0 aromatic rings. The molecule has 1 rings (SSSR count). The van der Waals surface area contributed by atoms with Crippen LogP contribution in [0, 0.1) is 5.92 Å². The van der Waals surface area contributed by atoms with Crippen LogP contribution in [0.4, 0.5) is 0 Å². The Hall–Kier alpha value is -0.120. The molecule has 0 radical (unpaired) electrons. The zero-order chi connectivity index (χ0) is 13.5. The van der Waals surface area contributed by atoms with Gasteiger partial charge in [-0.15, -0.1) is 0 Å². The van der Waals surface area contributed by atoms with Crippen molar-refractivity contribution >= 4 is 0 Å². The van der Waals surface area contributed by atoms with Gasteiger partial charge in [0.1, 0.15) is 0 Å². The minimum absolute atomic E-state index is 0.247. The van der Waals surface area contributed by atoms with Gasteiger partial charge in [0, 0.05) is 31.2 Å². The second-order valence-electron chi connectivity index (χ2n) is 6.14. The van der Waals surface area contributed by atoms with Crippen molar-refractivity contribution in [1.82, 2.24) is 10.2 Å². The fourth-order valence-electron chi connectivity index (χ4n) is 2.68. The van der Waals surface area contributed by atoms with E-state index in [0.29, 0.717) is 18.0 Å². The summed E-state index contributed by atoms with van der Waals surface area (Å²) in [6.07, 6.45) is 4.97. The van der Waals surface area contributed by atoms with E-state index >= 15 is 0 Å². The molecule has 0 aromatic carbocycles. The second-order valence-corrected chi connectivity index (χ2v) is 6.14. The molecule has 2 N–H and O–H groups in total. The van der Waals surface area contributed by atoms with E-state index in [4.69, 9.17) is 0 Å². The number of nitrogens with zero attached hydrogens (tertiary/aromatic N) is 1. The predicted octanol–water partition coefficient (Wildman–Crippen LogP) is 2.25. The van der Waals surface area contributed by atoms with E-state index in [2.05, 4.69) is 37.9 Å². The van der Waals surface area contributed by atoms with Crippen molar-refractivity contribution in [2.75, 3.05) is 19.7 Å². The molecular weight excluding hydrogens is 224 g/mol. The molecule has 1 fully saturated rings. The minimum atomic E-state index is 0.247. The smallest absolute Gasteiger partial charge is 0.0597 e. The molecule has 3 nitrogen and oxygen atoms in total. The Balaban J connectivity index is 2.50. The van der Waals surface area contributed by atoms with E-state index in [1.165, 1.54) is 25.7 Å². The first-order valence-corrected chi connectivity index (χ1v) is 7.71.